The van der Waals surface area contributed by atoms with Crippen molar-refractivity contribution < 1.29 is 8.78 Å². The zero-order chi connectivity index (χ0) is 18.7. The average Bonchev–Trinajstić information content (AvgIpc) is 2.53. The molecular formula is C16H16F2N8. The highest BCUT2D eigenvalue weighted by molar-refractivity contribution is 5.60. The van der Waals surface area contributed by atoms with Gasteiger partial charge in [-0.2, -0.15) is 15.0 Å². The fourth-order valence-electron chi connectivity index (χ4n) is 2.09. The van der Waals surface area contributed by atoms with Gasteiger partial charge in [0.25, 0.3) is 0 Å². The SMILES string of the molecule is CC(C)Nc1nc(Nc2cc(F)cc(F)c2)nc(-c2cnc(N)nc2)n1. The predicted octanol–water partition coefficient (Wildman–Crippen LogP) is 2.75. The Morgan fingerprint density at radius 2 is 1.54 bits per heavy atom. The molecule has 8 nitrogen and oxygen atoms in total. The van der Waals surface area contributed by atoms with Crippen LogP contribution in [0.1, 0.15) is 13.8 Å². The molecule has 134 valence electrons. The summed E-state index contributed by atoms with van der Waals surface area (Å²) >= 11 is 0. The first kappa shape index (κ1) is 17.4. The van der Waals surface area contributed by atoms with E-state index < -0.39 is 11.6 Å². The fourth-order valence-corrected chi connectivity index (χ4v) is 2.09. The van der Waals surface area contributed by atoms with Crippen LogP contribution in [-0.4, -0.2) is 31.0 Å². The Morgan fingerprint density at radius 3 is 2.15 bits per heavy atom. The Labute approximate surface area is 148 Å². The highest BCUT2D eigenvalue weighted by atomic mass is 19.1. The number of nitrogens with one attached hydrogen (secondary N) is 2. The van der Waals surface area contributed by atoms with Crippen LogP contribution in [0.5, 0.6) is 0 Å². The molecular weight excluding hydrogens is 342 g/mol. The van der Waals surface area contributed by atoms with E-state index in [1.54, 1.807) is 0 Å². The maximum absolute atomic E-state index is 13.4. The van der Waals surface area contributed by atoms with Gasteiger partial charge in [-0.3, -0.25) is 0 Å². The predicted molar refractivity (Wildman–Crippen MR) is 93.7 cm³/mol. The first-order valence-electron chi connectivity index (χ1n) is 7.72. The van der Waals surface area contributed by atoms with Crippen LogP contribution >= 0.6 is 0 Å². The quantitative estimate of drug-likeness (QED) is 0.638. The molecule has 0 atom stereocenters. The number of anilines is 4. The summed E-state index contributed by atoms with van der Waals surface area (Å²) in [6.07, 6.45) is 2.95. The topological polar surface area (TPSA) is 115 Å². The summed E-state index contributed by atoms with van der Waals surface area (Å²) in [6.45, 7) is 3.84. The summed E-state index contributed by atoms with van der Waals surface area (Å²) < 4.78 is 26.8. The van der Waals surface area contributed by atoms with Crippen molar-refractivity contribution in [3.05, 3.63) is 42.2 Å². The summed E-state index contributed by atoms with van der Waals surface area (Å²) in [6, 6.07) is 3.11. The third-order valence-corrected chi connectivity index (χ3v) is 3.10. The van der Waals surface area contributed by atoms with Crippen LogP contribution < -0.4 is 16.4 Å². The van der Waals surface area contributed by atoms with Crippen LogP contribution in [0.3, 0.4) is 0 Å². The Morgan fingerprint density at radius 1 is 0.923 bits per heavy atom. The molecule has 0 saturated carbocycles. The van der Waals surface area contributed by atoms with E-state index in [0.717, 1.165) is 18.2 Å². The van der Waals surface area contributed by atoms with Gasteiger partial charge in [0, 0.05) is 30.2 Å². The van der Waals surface area contributed by atoms with E-state index in [2.05, 4.69) is 35.6 Å². The molecule has 26 heavy (non-hydrogen) atoms. The first-order valence-corrected chi connectivity index (χ1v) is 7.72. The van der Waals surface area contributed by atoms with E-state index >= 15 is 0 Å². The molecule has 0 unspecified atom stereocenters. The van der Waals surface area contributed by atoms with Crippen LogP contribution in [0.4, 0.5) is 32.3 Å². The Hall–Kier alpha value is -3.43. The van der Waals surface area contributed by atoms with Crippen molar-refractivity contribution in [1.82, 2.24) is 24.9 Å². The number of hydrogen-bond acceptors (Lipinski definition) is 8. The molecule has 4 N–H and O–H groups in total. The fraction of sp³-hybridized carbons (Fsp3) is 0.188. The minimum absolute atomic E-state index is 0.0624. The summed E-state index contributed by atoms with van der Waals surface area (Å²) in [5.74, 6) is -0.621. The van der Waals surface area contributed by atoms with Gasteiger partial charge in [-0.25, -0.2) is 18.7 Å². The minimum atomic E-state index is -0.714. The van der Waals surface area contributed by atoms with Crippen molar-refractivity contribution in [3.8, 4) is 11.4 Å². The number of benzene rings is 1. The molecule has 0 fully saturated rings. The second-order valence-corrected chi connectivity index (χ2v) is 5.72. The van der Waals surface area contributed by atoms with Crippen molar-refractivity contribution in [3.63, 3.8) is 0 Å². The van der Waals surface area contributed by atoms with E-state index in [1.807, 2.05) is 13.8 Å². The Kier molecular flexibility index (Phi) is 4.83. The molecule has 2 aromatic heterocycles. The molecule has 3 aromatic rings. The molecule has 3 rings (SSSR count). The maximum atomic E-state index is 13.4. The molecule has 0 radical (unpaired) electrons. The van der Waals surface area contributed by atoms with Gasteiger partial charge >= 0.3 is 0 Å². The van der Waals surface area contributed by atoms with Gasteiger partial charge < -0.3 is 16.4 Å². The third-order valence-electron chi connectivity index (χ3n) is 3.10. The monoisotopic (exact) mass is 358 g/mol. The minimum Gasteiger partial charge on any atom is -0.368 e. The number of aromatic nitrogens is 5. The van der Waals surface area contributed by atoms with E-state index in [4.69, 9.17) is 5.73 Å². The molecule has 0 amide bonds. The van der Waals surface area contributed by atoms with Gasteiger partial charge in [0.05, 0.1) is 5.56 Å². The third kappa shape index (κ3) is 4.35. The lowest BCUT2D eigenvalue weighted by Crippen LogP contribution is -2.14. The van der Waals surface area contributed by atoms with Gasteiger partial charge in [-0.15, -0.1) is 0 Å². The number of rotatable bonds is 5. The zero-order valence-corrected chi connectivity index (χ0v) is 14.0. The highest BCUT2D eigenvalue weighted by Crippen LogP contribution is 2.21. The van der Waals surface area contributed by atoms with Gasteiger partial charge in [0.15, 0.2) is 5.82 Å². The lowest BCUT2D eigenvalue weighted by molar-refractivity contribution is 0.584. The zero-order valence-electron chi connectivity index (χ0n) is 14.0. The highest BCUT2D eigenvalue weighted by Gasteiger charge is 2.11. The summed E-state index contributed by atoms with van der Waals surface area (Å²) in [5.41, 5.74) is 6.18. The molecule has 0 bridgehead atoms. The molecule has 1 aromatic carbocycles. The Bertz CT molecular complexity index is 894. The van der Waals surface area contributed by atoms with Gasteiger partial charge in [0.1, 0.15) is 11.6 Å². The van der Waals surface area contributed by atoms with Crippen molar-refractivity contribution >= 4 is 23.5 Å². The average molecular weight is 358 g/mol. The van der Waals surface area contributed by atoms with Crippen LogP contribution in [0.2, 0.25) is 0 Å². The summed E-state index contributed by atoms with van der Waals surface area (Å²) in [7, 11) is 0. The molecule has 0 spiro atoms. The number of halogens is 2. The van der Waals surface area contributed by atoms with E-state index in [-0.39, 0.29) is 29.5 Å². The van der Waals surface area contributed by atoms with Crippen LogP contribution in [0, 0.1) is 11.6 Å². The molecule has 2 heterocycles. The van der Waals surface area contributed by atoms with Gasteiger partial charge in [0.2, 0.25) is 17.8 Å². The molecule has 0 saturated heterocycles. The number of nitrogen functional groups attached to an aromatic ring is 1. The van der Waals surface area contributed by atoms with E-state index in [9.17, 15) is 8.78 Å². The molecule has 0 aliphatic rings. The standard InChI is InChI=1S/C16H16F2N8/c1-8(2)22-15-24-13(9-6-20-14(19)21-7-9)25-16(26-15)23-12-4-10(17)3-11(18)5-12/h3-8H,1-2H3,(H2,19,20,21)(H2,22,23,24,25,26). The largest absolute Gasteiger partial charge is 0.368 e. The van der Waals surface area contributed by atoms with E-state index in [0.29, 0.717) is 11.5 Å². The summed E-state index contributed by atoms with van der Waals surface area (Å²) in [5, 5.41) is 5.83. The number of hydrogen-bond donors (Lipinski definition) is 3. The second kappa shape index (κ2) is 7.21. The van der Waals surface area contributed by atoms with Crippen molar-refractivity contribution in [2.24, 2.45) is 0 Å². The number of nitrogens with zero attached hydrogens (tertiary/aromatic N) is 5. The lowest BCUT2D eigenvalue weighted by atomic mass is 10.3. The smallest absolute Gasteiger partial charge is 0.232 e. The van der Waals surface area contributed by atoms with Crippen LogP contribution in [0.25, 0.3) is 11.4 Å². The normalized spacial score (nSPS) is 10.8. The van der Waals surface area contributed by atoms with Gasteiger partial charge in [-0.1, -0.05) is 0 Å². The van der Waals surface area contributed by atoms with Crippen LogP contribution in [0.15, 0.2) is 30.6 Å². The Balaban J connectivity index is 2.00. The second-order valence-electron chi connectivity index (χ2n) is 5.72. The maximum Gasteiger partial charge on any atom is 0.232 e. The molecule has 10 heteroatoms. The summed E-state index contributed by atoms with van der Waals surface area (Å²) in [4.78, 5) is 20.6. The molecule has 0 aliphatic carbocycles. The lowest BCUT2D eigenvalue weighted by Gasteiger charge is -2.12. The van der Waals surface area contributed by atoms with E-state index in [1.165, 1.54) is 12.4 Å². The molecule has 0 aliphatic heterocycles. The van der Waals surface area contributed by atoms with Crippen molar-refractivity contribution in [2.75, 3.05) is 16.4 Å². The van der Waals surface area contributed by atoms with Crippen molar-refractivity contribution in [2.45, 2.75) is 19.9 Å². The van der Waals surface area contributed by atoms with Crippen LogP contribution in [-0.2, 0) is 0 Å². The van der Waals surface area contributed by atoms with Gasteiger partial charge in [-0.05, 0) is 26.0 Å². The van der Waals surface area contributed by atoms with Crippen molar-refractivity contribution in [1.29, 1.82) is 0 Å². The first-order chi connectivity index (χ1) is 12.4. The number of nitrogens with two attached hydrogens (primary N) is 1.